The SMILES string of the molecule is O=C(Oc1cccc(Cl)c1Cl)[C@H]1CS[C@@]2(c3ccccc3)CCC(=O)N12. The van der Waals surface area contributed by atoms with Crippen LogP contribution in [0.3, 0.4) is 0 Å². The van der Waals surface area contributed by atoms with Gasteiger partial charge in [0.2, 0.25) is 5.91 Å². The van der Waals surface area contributed by atoms with E-state index in [1.165, 1.54) is 0 Å². The van der Waals surface area contributed by atoms with Crippen LogP contribution in [0.1, 0.15) is 18.4 Å². The van der Waals surface area contributed by atoms with Crippen LogP contribution in [0.5, 0.6) is 5.75 Å². The Kier molecular flexibility index (Phi) is 4.63. The molecule has 4 nitrogen and oxygen atoms in total. The molecule has 134 valence electrons. The zero-order valence-electron chi connectivity index (χ0n) is 13.7. The summed E-state index contributed by atoms with van der Waals surface area (Å²) < 4.78 is 5.48. The standard InChI is InChI=1S/C19H15Cl2NO3S/c20-13-7-4-8-15(17(13)21)25-18(24)14-11-26-19(10-9-16(23)22(14)19)12-5-2-1-3-6-12/h1-8,14H,9-11H2/t14-,19-/m1/s1. The number of benzene rings is 2. The predicted molar refractivity (Wildman–Crippen MR) is 103 cm³/mol. The number of fused-ring (bicyclic) bond motifs is 1. The number of ether oxygens (including phenoxy) is 1. The van der Waals surface area contributed by atoms with Crippen molar-refractivity contribution in [3.63, 3.8) is 0 Å². The van der Waals surface area contributed by atoms with Crippen LogP contribution in [0, 0.1) is 0 Å². The Bertz CT molecular complexity index is 876. The summed E-state index contributed by atoms with van der Waals surface area (Å²) in [7, 11) is 0. The maximum Gasteiger partial charge on any atom is 0.335 e. The second-order valence-electron chi connectivity index (χ2n) is 6.21. The number of carbonyl (C=O) groups is 2. The molecule has 7 heteroatoms. The number of hydrogen-bond donors (Lipinski definition) is 0. The van der Waals surface area contributed by atoms with Crippen molar-refractivity contribution >= 4 is 46.8 Å². The minimum absolute atomic E-state index is 0.0296. The molecule has 2 aromatic carbocycles. The molecule has 2 heterocycles. The van der Waals surface area contributed by atoms with Gasteiger partial charge in [-0.25, -0.2) is 4.79 Å². The number of halogens is 2. The van der Waals surface area contributed by atoms with Gasteiger partial charge in [0.25, 0.3) is 0 Å². The van der Waals surface area contributed by atoms with E-state index in [4.69, 9.17) is 27.9 Å². The van der Waals surface area contributed by atoms with Gasteiger partial charge in [0, 0.05) is 12.2 Å². The molecule has 0 unspecified atom stereocenters. The Balaban J connectivity index is 1.63. The molecule has 0 aromatic heterocycles. The highest BCUT2D eigenvalue weighted by Gasteiger charge is 2.57. The minimum Gasteiger partial charge on any atom is -0.423 e. The highest BCUT2D eigenvalue weighted by atomic mass is 35.5. The van der Waals surface area contributed by atoms with Crippen molar-refractivity contribution in [1.82, 2.24) is 4.90 Å². The summed E-state index contributed by atoms with van der Waals surface area (Å²) in [5, 5.41) is 0.504. The van der Waals surface area contributed by atoms with E-state index < -0.39 is 16.9 Å². The molecule has 2 aromatic rings. The van der Waals surface area contributed by atoms with E-state index in [2.05, 4.69) is 0 Å². The predicted octanol–water partition coefficient (Wildman–Crippen LogP) is 4.49. The third-order valence-electron chi connectivity index (χ3n) is 4.75. The third-order valence-corrected chi connectivity index (χ3v) is 7.15. The summed E-state index contributed by atoms with van der Waals surface area (Å²) in [6.45, 7) is 0. The van der Waals surface area contributed by atoms with Crippen LogP contribution in [-0.2, 0) is 14.5 Å². The summed E-state index contributed by atoms with van der Waals surface area (Å²) in [4.78, 5) is 26.6. The molecular formula is C19H15Cl2NO3S. The number of thioether (sulfide) groups is 1. The van der Waals surface area contributed by atoms with Crippen molar-refractivity contribution in [3.05, 3.63) is 64.1 Å². The van der Waals surface area contributed by atoms with Gasteiger partial charge in [-0.15, -0.1) is 11.8 Å². The van der Waals surface area contributed by atoms with E-state index in [9.17, 15) is 9.59 Å². The van der Waals surface area contributed by atoms with E-state index in [0.717, 1.165) is 5.56 Å². The molecule has 4 rings (SSSR count). The van der Waals surface area contributed by atoms with Gasteiger partial charge in [-0.05, 0) is 24.1 Å². The van der Waals surface area contributed by atoms with E-state index >= 15 is 0 Å². The Morgan fingerprint density at radius 3 is 2.69 bits per heavy atom. The van der Waals surface area contributed by atoms with Crippen molar-refractivity contribution in [2.24, 2.45) is 0 Å². The molecule has 1 amide bonds. The Morgan fingerprint density at radius 1 is 1.15 bits per heavy atom. The second-order valence-corrected chi connectivity index (χ2v) is 8.30. The average Bonchev–Trinajstić information content (AvgIpc) is 3.19. The number of esters is 1. The summed E-state index contributed by atoms with van der Waals surface area (Å²) >= 11 is 13.7. The van der Waals surface area contributed by atoms with Gasteiger partial charge in [-0.3, -0.25) is 4.79 Å². The van der Waals surface area contributed by atoms with Crippen LogP contribution in [-0.4, -0.2) is 28.6 Å². The van der Waals surface area contributed by atoms with Crippen molar-refractivity contribution in [2.75, 3.05) is 5.75 Å². The maximum absolute atomic E-state index is 12.8. The molecule has 0 bridgehead atoms. The van der Waals surface area contributed by atoms with E-state index in [1.54, 1.807) is 34.9 Å². The molecule has 2 fully saturated rings. The van der Waals surface area contributed by atoms with Gasteiger partial charge >= 0.3 is 5.97 Å². The average molecular weight is 408 g/mol. The van der Waals surface area contributed by atoms with E-state index in [0.29, 0.717) is 23.6 Å². The topological polar surface area (TPSA) is 46.6 Å². The number of nitrogens with zero attached hydrogens (tertiary/aromatic N) is 1. The summed E-state index contributed by atoms with van der Waals surface area (Å²) in [5.41, 5.74) is 1.03. The molecule has 0 N–H and O–H groups in total. The lowest BCUT2D eigenvalue weighted by molar-refractivity contribution is -0.146. The fraction of sp³-hybridized carbons (Fsp3) is 0.263. The normalized spacial score (nSPS) is 24.6. The van der Waals surface area contributed by atoms with Crippen LogP contribution >= 0.6 is 35.0 Å². The fourth-order valence-corrected chi connectivity index (χ4v) is 5.52. The number of hydrogen-bond acceptors (Lipinski definition) is 4. The first-order chi connectivity index (χ1) is 12.5. The van der Waals surface area contributed by atoms with Crippen molar-refractivity contribution in [1.29, 1.82) is 0 Å². The first-order valence-electron chi connectivity index (χ1n) is 8.20. The van der Waals surface area contributed by atoms with Crippen molar-refractivity contribution < 1.29 is 14.3 Å². The number of rotatable bonds is 3. The molecule has 2 atom stereocenters. The van der Waals surface area contributed by atoms with Crippen LogP contribution < -0.4 is 4.74 Å². The van der Waals surface area contributed by atoms with Crippen molar-refractivity contribution in [2.45, 2.75) is 23.8 Å². The first kappa shape index (κ1) is 17.7. The van der Waals surface area contributed by atoms with Gasteiger partial charge in [0.05, 0.1) is 5.02 Å². The summed E-state index contributed by atoms with van der Waals surface area (Å²) in [6, 6.07) is 14.1. The lowest BCUT2D eigenvalue weighted by Crippen LogP contribution is -2.47. The highest BCUT2D eigenvalue weighted by molar-refractivity contribution is 8.00. The molecule has 0 aliphatic carbocycles. The Labute approximate surface area is 165 Å². The monoisotopic (exact) mass is 407 g/mol. The molecule has 0 spiro atoms. The van der Waals surface area contributed by atoms with Gasteiger partial charge in [0.15, 0.2) is 5.75 Å². The third kappa shape index (κ3) is 2.79. The molecule has 2 aliphatic rings. The van der Waals surface area contributed by atoms with Gasteiger partial charge in [-0.2, -0.15) is 0 Å². The molecule has 0 saturated carbocycles. The zero-order valence-corrected chi connectivity index (χ0v) is 16.0. The molecule has 2 saturated heterocycles. The quantitative estimate of drug-likeness (QED) is 0.555. The van der Waals surface area contributed by atoms with Crippen LogP contribution in [0.25, 0.3) is 0 Å². The second kappa shape index (κ2) is 6.80. The van der Waals surface area contributed by atoms with Gasteiger partial charge in [0.1, 0.15) is 15.9 Å². The van der Waals surface area contributed by atoms with Crippen LogP contribution in [0.15, 0.2) is 48.5 Å². The molecule has 26 heavy (non-hydrogen) atoms. The Hall–Kier alpha value is -1.69. The van der Waals surface area contributed by atoms with E-state index in [-0.39, 0.29) is 16.7 Å². The highest BCUT2D eigenvalue weighted by Crippen LogP contribution is 2.54. The summed E-state index contributed by atoms with van der Waals surface area (Å²) in [6.07, 6.45) is 1.10. The van der Waals surface area contributed by atoms with Crippen LogP contribution in [0.4, 0.5) is 0 Å². The molecule has 2 aliphatic heterocycles. The van der Waals surface area contributed by atoms with Gasteiger partial charge in [-0.1, -0.05) is 59.6 Å². The summed E-state index contributed by atoms with van der Waals surface area (Å²) in [5.74, 6) is 0.170. The Morgan fingerprint density at radius 2 is 1.92 bits per heavy atom. The lowest BCUT2D eigenvalue weighted by Gasteiger charge is -2.33. The number of amides is 1. The molecular weight excluding hydrogens is 393 g/mol. The van der Waals surface area contributed by atoms with Gasteiger partial charge < -0.3 is 9.64 Å². The lowest BCUT2D eigenvalue weighted by atomic mass is 10.0. The van der Waals surface area contributed by atoms with Crippen molar-refractivity contribution in [3.8, 4) is 5.75 Å². The fourth-order valence-electron chi connectivity index (χ4n) is 3.56. The van der Waals surface area contributed by atoms with Crippen LogP contribution in [0.2, 0.25) is 10.0 Å². The largest absolute Gasteiger partial charge is 0.423 e. The molecule has 0 radical (unpaired) electrons. The zero-order chi connectivity index (χ0) is 18.3. The first-order valence-corrected chi connectivity index (χ1v) is 9.94. The smallest absolute Gasteiger partial charge is 0.335 e. The minimum atomic E-state index is -0.648. The van der Waals surface area contributed by atoms with E-state index in [1.807, 2.05) is 30.3 Å². The number of carbonyl (C=O) groups excluding carboxylic acids is 2. The maximum atomic E-state index is 12.8.